The zero-order valence-corrected chi connectivity index (χ0v) is 26.1. The van der Waals surface area contributed by atoms with E-state index < -0.39 is 11.0 Å². The predicted molar refractivity (Wildman–Crippen MR) is 116 cm³/mol. The summed E-state index contributed by atoms with van der Waals surface area (Å²) in [7, 11) is 7.46. The summed E-state index contributed by atoms with van der Waals surface area (Å²) in [4.78, 5) is 2.30. The average molecular weight is 793 g/mol. The zero-order chi connectivity index (χ0) is 20.9. The van der Waals surface area contributed by atoms with Crippen molar-refractivity contribution in [2.45, 2.75) is 24.2 Å². The number of rotatable bonds is 9. The van der Waals surface area contributed by atoms with Crippen molar-refractivity contribution in [3.05, 3.63) is 0 Å². The van der Waals surface area contributed by atoms with Crippen molar-refractivity contribution in [1.82, 2.24) is 9.57 Å². The maximum absolute atomic E-state index is 8.06. The van der Waals surface area contributed by atoms with Crippen molar-refractivity contribution in [3.8, 4) is 0 Å². The summed E-state index contributed by atoms with van der Waals surface area (Å²) in [5.74, 6) is 0. The number of morpholine rings is 2. The first-order chi connectivity index (χ1) is 13.0. The van der Waals surface area contributed by atoms with Crippen LogP contribution in [0.3, 0.4) is 0 Å². The molecule has 14 heteroatoms. The molecular formula is C13H30B2N2O4P4W2. The van der Waals surface area contributed by atoms with E-state index in [1.54, 1.807) is 0 Å². The van der Waals surface area contributed by atoms with Gasteiger partial charge >= 0.3 is 194 Å². The molecule has 2 saturated heterocycles. The Bertz CT molecular complexity index is 611. The van der Waals surface area contributed by atoms with Crippen LogP contribution in [-0.4, -0.2) is 109 Å². The molecule has 2 heterocycles. The molecule has 154 valence electrons. The molecule has 0 aliphatic carbocycles. The fourth-order valence-electron chi connectivity index (χ4n) is 3.10. The van der Waals surface area contributed by atoms with Crippen molar-refractivity contribution in [2.24, 2.45) is 0 Å². The quantitative estimate of drug-likeness (QED) is 0.255. The molecule has 6 nitrogen and oxygen atoms in total. The van der Waals surface area contributed by atoms with E-state index in [2.05, 4.69) is 41.5 Å². The molecule has 2 rings (SSSR count). The Balaban J connectivity index is 1.94. The first kappa shape index (κ1) is 24.6. The number of hydrogen-bond acceptors (Lipinski definition) is 6. The topological polar surface area (TPSA) is 43.4 Å². The summed E-state index contributed by atoms with van der Waals surface area (Å²) in [6, 6.07) is 0.188. The Morgan fingerprint density at radius 1 is 1.19 bits per heavy atom. The third-order valence-electron chi connectivity index (χ3n) is 4.43. The number of likely N-dealkylation sites (N-methyl/N-ethyl adjacent to an activating group) is 1. The molecule has 27 heavy (non-hydrogen) atoms. The second-order valence-electron chi connectivity index (χ2n) is 6.90. The number of ether oxygens (including phenoxy) is 2. The van der Waals surface area contributed by atoms with Gasteiger partial charge in [0.25, 0.3) is 0 Å². The van der Waals surface area contributed by atoms with Gasteiger partial charge in [-0.25, -0.2) is 0 Å². The van der Waals surface area contributed by atoms with Gasteiger partial charge in [0, 0.05) is 0 Å². The van der Waals surface area contributed by atoms with Crippen LogP contribution >= 0.6 is 29.2 Å². The summed E-state index contributed by atoms with van der Waals surface area (Å²) in [5.41, 5.74) is -1.94. The molecule has 2 aliphatic rings. The molecule has 0 aromatic heterocycles. The van der Waals surface area contributed by atoms with E-state index in [4.69, 9.17) is 19.8 Å². The molecule has 2 aliphatic heterocycles. The Morgan fingerprint density at radius 3 is 2.37 bits per heavy atom. The number of nitrogens with zero attached hydrogens (tertiary/aromatic N) is 2. The minimum absolute atomic E-state index is 0.0185. The third kappa shape index (κ3) is 9.17. The molecule has 0 amide bonds. The van der Waals surface area contributed by atoms with Crippen LogP contribution in [0.25, 0.3) is 0 Å². The summed E-state index contributed by atoms with van der Waals surface area (Å²) in [6.07, 6.45) is 0.0791. The summed E-state index contributed by atoms with van der Waals surface area (Å²) in [6.45, 7) is 12.8. The van der Waals surface area contributed by atoms with Gasteiger partial charge in [-0.05, 0) is 0 Å². The van der Waals surface area contributed by atoms with Gasteiger partial charge in [-0.15, -0.1) is 0 Å². The van der Waals surface area contributed by atoms with Gasteiger partial charge in [0.15, 0.2) is 0 Å². The van der Waals surface area contributed by atoms with Gasteiger partial charge < -0.3 is 0 Å². The maximum atomic E-state index is 8.06. The summed E-state index contributed by atoms with van der Waals surface area (Å²) in [5, 5.41) is -1.68. The molecule has 2 radical (unpaired) electrons. The molecule has 0 N–H and O–H groups in total. The van der Waals surface area contributed by atoms with Gasteiger partial charge in [-0.3, -0.25) is 0 Å². The predicted octanol–water partition coefficient (Wildman–Crippen LogP) is 0.852. The molecule has 0 aromatic rings. The van der Waals surface area contributed by atoms with Crippen molar-refractivity contribution < 1.29 is 56.1 Å². The van der Waals surface area contributed by atoms with E-state index >= 15 is 0 Å². The van der Waals surface area contributed by atoms with Crippen molar-refractivity contribution in [3.63, 3.8) is 0 Å². The monoisotopic (exact) mass is 793 g/mol. The molecule has 0 saturated carbocycles. The van der Waals surface area contributed by atoms with Crippen LogP contribution in [0.4, 0.5) is 0 Å². The summed E-state index contributed by atoms with van der Waals surface area (Å²) < 4.78 is 35.1. The molecular weight excluding hydrogens is 761 g/mol. The van der Waals surface area contributed by atoms with Gasteiger partial charge in [-0.2, -0.15) is 0 Å². The normalized spacial score (nSPS) is 35.7. The molecule has 8 unspecified atom stereocenters. The fraction of sp³-hybridized carbons (Fsp3) is 1.00. The first-order valence-electron chi connectivity index (χ1n) is 9.29. The third-order valence-corrected chi connectivity index (χ3v) is 12.5. The van der Waals surface area contributed by atoms with E-state index in [-0.39, 0.29) is 24.2 Å². The Hall–Kier alpha value is 2.99. The van der Waals surface area contributed by atoms with Crippen LogP contribution in [0, 0.1) is 0 Å². The van der Waals surface area contributed by atoms with E-state index in [9.17, 15) is 0 Å². The van der Waals surface area contributed by atoms with Crippen molar-refractivity contribution in [2.75, 3.05) is 59.8 Å². The van der Waals surface area contributed by atoms with Crippen LogP contribution in [-0.2, 0) is 56.1 Å². The standard InChI is InChI=1S/C13H30B2N2O4P4.2W/c1-16-4-10(20-12(6-16)14-22)9-19-25(3)17-5-11(8-18-24-2)21-13(7-17)15-23;;/h10-13,24H,4-9,22-23H2,1-3H3;;/i24D;;. The van der Waals surface area contributed by atoms with Crippen molar-refractivity contribution >= 4 is 43.2 Å². The van der Waals surface area contributed by atoms with E-state index in [0.29, 0.717) is 13.2 Å². The Labute approximate surface area is 193 Å². The van der Waals surface area contributed by atoms with Crippen LogP contribution in [0.1, 0.15) is 0 Å². The SMILES string of the molecule is [2H][P](C)(=[W])OCC1CN([P](C)(=[W])OCC2CN(C)CC([B]P)O2)CC([B]P)O1. The van der Waals surface area contributed by atoms with Crippen molar-refractivity contribution in [1.29, 1.82) is 1.28 Å². The van der Waals surface area contributed by atoms with E-state index in [1.807, 2.05) is 20.7 Å². The minimum atomic E-state index is -1.94. The Kier molecular flexibility index (Phi) is 11.7. The average Bonchev–Trinajstić information content (AvgIpc) is 2.63. The fourth-order valence-corrected chi connectivity index (χ4v) is 8.19. The summed E-state index contributed by atoms with van der Waals surface area (Å²) >= 11 is 2.69. The Morgan fingerprint density at radius 2 is 1.78 bits per heavy atom. The van der Waals surface area contributed by atoms with Gasteiger partial charge in [0.1, 0.15) is 0 Å². The van der Waals surface area contributed by atoms with E-state index in [0.717, 1.165) is 26.2 Å². The molecule has 0 spiro atoms. The van der Waals surface area contributed by atoms with Gasteiger partial charge in [-0.1, -0.05) is 0 Å². The molecule has 2 fully saturated rings. The van der Waals surface area contributed by atoms with Crippen LogP contribution < -0.4 is 0 Å². The molecule has 0 bridgehead atoms. The molecule has 8 atom stereocenters. The van der Waals surface area contributed by atoms with Crippen LogP contribution in [0.15, 0.2) is 0 Å². The molecule has 0 aromatic carbocycles. The van der Waals surface area contributed by atoms with Crippen LogP contribution in [0.5, 0.6) is 0 Å². The van der Waals surface area contributed by atoms with Crippen LogP contribution in [0.2, 0.25) is 0 Å². The second-order valence-corrected chi connectivity index (χ2v) is 24.1. The zero-order valence-electron chi connectivity index (χ0n) is 17.1. The van der Waals surface area contributed by atoms with Gasteiger partial charge in [0.05, 0.1) is 0 Å². The van der Waals surface area contributed by atoms with E-state index in [1.165, 1.54) is 37.6 Å². The second kappa shape index (κ2) is 12.9. The van der Waals surface area contributed by atoms with Gasteiger partial charge in [0.2, 0.25) is 0 Å². The number of hydrogen-bond donors (Lipinski definition) is 0. The first-order valence-corrected chi connectivity index (χ1v) is 21.7.